The first-order valence-corrected chi connectivity index (χ1v) is 7.38. The van der Waals surface area contributed by atoms with Gasteiger partial charge in [-0.2, -0.15) is 0 Å². The standard InChI is InChI=1S/C10H22ClNO2S/c1-9(7-11)8-15(13,14)12-6-5-10(2,3)4/h9,12H,5-8H2,1-4H3. The highest BCUT2D eigenvalue weighted by molar-refractivity contribution is 7.89. The molecule has 0 aliphatic rings. The Kier molecular flexibility index (Phi) is 6.14. The summed E-state index contributed by atoms with van der Waals surface area (Å²) in [5, 5.41) is 0. The molecule has 0 spiro atoms. The first-order valence-electron chi connectivity index (χ1n) is 5.19. The number of sulfonamides is 1. The van der Waals surface area contributed by atoms with Crippen molar-refractivity contribution in [2.24, 2.45) is 11.3 Å². The third-order valence-electron chi connectivity index (χ3n) is 1.96. The lowest BCUT2D eigenvalue weighted by molar-refractivity contribution is 0.378. The monoisotopic (exact) mass is 255 g/mol. The van der Waals surface area contributed by atoms with Crippen molar-refractivity contribution in [2.75, 3.05) is 18.2 Å². The van der Waals surface area contributed by atoms with Gasteiger partial charge in [-0.25, -0.2) is 13.1 Å². The largest absolute Gasteiger partial charge is 0.215 e. The van der Waals surface area contributed by atoms with Gasteiger partial charge in [-0.3, -0.25) is 0 Å². The van der Waals surface area contributed by atoms with Crippen molar-refractivity contribution in [3.63, 3.8) is 0 Å². The molecule has 0 amide bonds. The van der Waals surface area contributed by atoms with Crippen LogP contribution in [-0.2, 0) is 10.0 Å². The minimum atomic E-state index is -3.15. The van der Waals surface area contributed by atoms with Crippen LogP contribution >= 0.6 is 11.6 Å². The fraction of sp³-hybridized carbons (Fsp3) is 1.00. The van der Waals surface area contributed by atoms with Crippen molar-refractivity contribution in [1.29, 1.82) is 0 Å². The Balaban J connectivity index is 3.96. The van der Waals surface area contributed by atoms with Crippen molar-refractivity contribution < 1.29 is 8.42 Å². The number of nitrogens with one attached hydrogen (secondary N) is 1. The van der Waals surface area contributed by atoms with Gasteiger partial charge in [0, 0.05) is 12.4 Å². The van der Waals surface area contributed by atoms with E-state index in [1.165, 1.54) is 0 Å². The van der Waals surface area contributed by atoms with Crippen molar-refractivity contribution in [1.82, 2.24) is 4.72 Å². The van der Waals surface area contributed by atoms with Gasteiger partial charge in [0.25, 0.3) is 0 Å². The number of hydrogen-bond donors (Lipinski definition) is 1. The van der Waals surface area contributed by atoms with Crippen molar-refractivity contribution in [2.45, 2.75) is 34.1 Å². The predicted molar refractivity (Wildman–Crippen MR) is 65.7 cm³/mol. The lowest BCUT2D eigenvalue weighted by atomic mass is 9.93. The zero-order chi connectivity index (χ0) is 12.1. The van der Waals surface area contributed by atoms with Crippen molar-refractivity contribution in [3.8, 4) is 0 Å². The molecule has 0 saturated carbocycles. The Morgan fingerprint density at radius 3 is 2.27 bits per heavy atom. The van der Waals surface area contributed by atoms with E-state index >= 15 is 0 Å². The summed E-state index contributed by atoms with van der Waals surface area (Å²) in [5.41, 5.74) is 0.153. The summed E-state index contributed by atoms with van der Waals surface area (Å²) < 4.78 is 25.6. The van der Waals surface area contributed by atoms with Crippen LogP contribution in [0, 0.1) is 11.3 Å². The zero-order valence-electron chi connectivity index (χ0n) is 10.0. The van der Waals surface area contributed by atoms with Crippen LogP contribution in [0.25, 0.3) is 0 Å². The molecule has 0 aromatic rings. The molecule has 3 nitrogen and oxygen atoms in total. The molecule has 0 heterocycles. The van der Waals surface area contributed by atoms with Gasteiger partial charge < -0.3 is 0 Å². The molecule has 1 atom stereocenters. The Morgan fingerprint density at radius 2 is 1.87 bits per heavy atom. The molecular formula is C10H22ClNO2S. The minimum absolute atomic E-state index is 0.00111. The smallest absolute Gasteiger partial charge is 0.211 e. The van der Waals surface area contributed by atoms with Gasteiger partial charge in [0.05, 0.1) is 5.75 Å². The summed E-state index contributed by atoms with van der Waals surface area (Å²) in [6.07, 6.45) is 0.835. The second-order valence-electron chi connectivity index (χ2n) is 5.25. The molecule has 1 N–H and O–H groups in total. The third-order valence-corrected chi connectivity index (χ3v) is 4.14. The van der Waals surface area contributed by atoms with Crippen LogP contribution in [0.5, 0.6) is 0 Å². The molecule has 0 radical (unpaired) electrons. The highest BCUT2D eigenvalue weighted by atomic mass is 35.5. The van der Waals surface area contributed by atoms with Gasteiger partial charge in [0.1, 0.15) is 0 Å². The lowest BCUT2D eigenvalue weighted by Gasteiger charge is -2.18. The Bertz CT molecular complexity index is 270. The molecule has 92 valence electrons. The summed E-state index contributed by atoms with van der Waals surface area (Å²) in [5.74, 6) is 0.486. The lowest BCUT2D eigenvalue weighted by Crippen LogP contribution is -2.31. The Morgan fingerprint density at radius 1 is 1.33 bits per heavy atom. The highest BCUT2D eigenvalue weighted by Crippen LogP contribution is 2.17. The summed E-state index contributed by atoms with van der Waals surface area (Å²) in [6.45, 7) is 8.59. The van der Waals surface area contributed by atoms with Crippen molar-refractivity contribution in [3.05, 3.63) is 0 Å². The van der Waals surface area contributed by atoms with E-state index in [2.05, 4.69) is 25.5 Å². The summed E-state index contributed by atoms with van der Waals surface area (Å²) in [7, 11) is -3.15. The van der Waals surface area contributed by atoms with E-state index in [4.69, 9.17) is 11.6 Å². The molecule has 0 aliphatic carbocycles. The molecule has 0 rings (SSSR count). The minimum Gasteiger partial charge on any atom is -0.215 e. The number of alkyl halides is 1. The molecule has 0 aromatic heterocycles. The SMILES string of the molecule is CC(CCl)CS(=O)(=O)NCCC(C)(C)C. The van der Waals surface area contributed by atoms with Gasteiger partial charge >= 0.3 is 0 Å². The van der Waals surface area contributed by atoms with Crippen LogP contribution in [-0.4, -0.2) is 26.6 Å². The predicted octanol–water partition coefficient (Wildman–Crippen LogP) is 2.22. The average Bonchev–Trinajstić information content (AvgIpc) is 2.00. The van der Waals surface area contributed by atoms with Gasteiger partial charge in [-0.15, -0.1) is 11.6 Å². The zero-order valence-corrected chi connectivity index (χ0v) is 11.6. The first-order chi connectivity index (χ1) is 6.66. The number of rotatable bonds is 6. The van der Waals surface area contributed by atoms with Crippen LogP contribution in [0.4, 0.5) is 0 Å². The maximum absolute atomic E-state index is 11.5. The van der Waals surface area contributed by atoms with E-state index < -0.39 is 10.0 Å². The van der Waals surface area contributed by atoms with Gasteiger partial charge in [0.15, 0.2) is 0 Å². The second-order valence-corrected chi connectivity index (χ2v) is 7.41. The second kappa shape index (κ2) is 6.06. The average molecular weight is 256 g/mol. The Labute approximate surface area is 98.6 Å². The van der Waals surface area contributed by atoms with E-state index in [1.807, 2.05) is 6.92 Å². The fourth-order valence-corrected chi connectivity index (χ4v) is 2.70. The first kappa shape index (κ1) is 15.2. The molecule has 1 unspecified atom stereocenters. The topological polar surface area (TPSA) is 46.2 Å². The molecule has 5 heteroatoms. The van der Waals surface area contributed by atoms with E-state index in [0.29, 0.717) is 12.4 Å². The molecule has 0 aliphatic heterocycles. The van der Waals surface area contributed by atoms with Crippen LogP contribution in [0.15, 0.2) is 0 Å². The summed E-state index contributed by atoms with van der Waals surface area (Å²) >= 11 is 5.57. The van der Waals surface area contributed by atoms with Gasteiger partial charge in [0.2, 0.25) is 10.0 Å². The quantitative estimate of drug-likeness (QED) is 0.740. The van der Waals surface area contributed by atoms with E-state index in [1.54, 1.807) is 0 Å². The molecule has 15 heavy (non-hydrogen) atoms. The van der Waals surface area contributed by atoms with Gasteiger partial charge in [-0.1, -0.05) is 27.7 Å². The van der Waals surface area contributed by atoms with E-state index in [9.17, 15) is 8.42 Å². The highest BCUT2D eigenvalue weighted by Gasteiger charge is 2.16. The third kappa shape index (κ3) is 9.15. The maximum atomic E-state index is 11.5. The molecular weight excluding hydrogens is 234 g/mol. The maximum Gasteiger partial charge on any atom is 0.211 e. The summed E-state index contributed by atoms with van der Waals surface area (Å²) in [4.78, 5) is 0. The van der Waals surface area contributed by atoms with E-state index in [0.717, 1.165) is 6.42 Å². The molecule has 0 saturated heterocycles. The molecule has 0 bridgehead atoms. The number of halogens is 1. The Hall–Kier alpha value is 0.200. The molecule has 0 fully saturated rings. The summed E-state index contributed by atoms with van der Waals surface area (Å²) in [6, 6.07) is 0. The van der Waals surface area contributed by atoms with E-state index in [-0.39, 0.29) is 17.1 Å². The van der Waals surface area contributed by atoms with Crippen LogP contribution in [0.2, 0.25) is 0 Å². The van der Waals surface area contributed by atoms with Crippen molar-refractivity contribution >= 4 is 21.6 Å². The number of hydrogen-bond acceptors (Lipinski definition) is 2. The van der Waals surface area contributed by atoms with Crippen LogP contribution in [0.3, 0.4) is 0 Å². The fourth-order valence-electron chi connectivity index (χ4n) is 1.06. The molecule has 0 aromatic carbocycles. The van der Waals surface area contributed by atoms with Crippen LogP contribution in [0.1, 0.15) is 34.1 Å². The van der Waals surface area contributed by atoms with Gasteiger partial charge in [-0.05, 0) is 17.8 Å². The van der Waals surface area contributed by atoms with Crippen LogP contribution < -0.4 is 4.72 Å². The normalized spacial score (nSPS) is 15.3.